The summed E-state index contributed by atoms with van der Waals surface area (Å²) in [4.78, 5) is 11.9. The Balaban J connectivity index is 1.88. The summed E-state index contributed by atoms with van der Waals surface area (Å²) >= 11 is 0. The third-order valence-electron chi connectivity index (χ3n) is 3.02. The van der Waals surface area contributed by atoms with Gasteiger partial charge < -0.3 is 9.84 Å². The normalized spacial score (nSPS) is 11.3. The Labute approximate surface area is 119 Å². The van der Waals surface area contributed by atoms with Crippen molar-refractivity contribution in [2.45, 2.75) is 32.6 Å². The Hall–Kier alpha value is -2.10. The molecule has 4 nitrogen and oxygen atoms in total. The molecule has 0 saturated heterocycles. The molecule has 1 aromatic carbocycles. The highest BCUT2D eigenvalue weighted by atomic mass is 16.5. The number of amides is 1. The first kappa shape index (κ1) is 14.3. The molecular formula is C16H20N2O2. The minimum Gasteiger partial charge on any atom is -0.360 e. The van der Waals surface area contributed by atoms with Gasteiger partial charge in [0, 0.05) is 18.0 Å². The summed E-state index contributed by atoms with van der Waals surface area (Å²) in [6, 6.07) is 11.7. The molecule has 2 aromatic rings. The zero-order valence-corrected chi connectivity index (χ0v) is 12.1. The second-order valence-electron chi connectivity index (χ2n) is 5.82. The molecule has 106 valence electrons. The standard InChI is InChI=1S/C16H20N2O2/c1-16(2,3)14-11-13(18-20-14)15(19)17-10-9-12-7-5-4-6-8-12/h4-8,11H,9-10H2,1-3H3,(H,17,19). The van der Waals surface area contributed by atoms with E-state index in [9.17, 15) is 4.79 Å². The van der Waals surface area contributed by atoms with E-state index in [0.29, 0.717) is 18.0 Å². The number of carbonyl (C=O) groups is 1. The summed E-state index contributed by atoms with van der Waals surface area (Å²) in [5, 5.41) is 6.67. The first-order valence-electron chi connectivity index (χ1n) is 6.76. The largest absolute Gasteiger partial charge is 0.360 e. The van der Waals surface area contributed by atoms with E-state index in [1.807, 2.05) is 51.1 Å². The van der Waals surface area contributed by atoms with Gasteiger partial charge in [-0.25, -0.2) is 0 Å². The zero-order chi connectivity index (χ0) is 14.6. The summed E-state index contributed by atoms with van der Waals surface area (Å²) in [6.45, 7) is 6.64. The van der Waals surface area contributed by atoms with E-state index in [1.54, 1.807) is 6.07 Å². The lowest BCUT2D eigenvalue weighted by molar-refractivity contribution is 0.0945. The molecule has 2 rings (SSSR count). The molecule has 0 saturated carbocycles. The summed E-state index contributed by atoms with van der Waals surface area (Å²) in [5.41, 5.74) is 1.39. The van der Waals surface area contributed by atoms with E-state index in [0.717, 1.165) is 6.42 Å². The predicted octanol–water partition coefficient (Wildman–Crippen LogP) is 2.94. The second-order valence-corrected chi connectivity index (χ2v) is 5.82. The smallest absolute Gasteiger partial charge is 0.273 e. The number of carbonyl (C=O) groups excluding carboxylic acids is 1. The Bertz CT molecular complexity index is 568. The van der Waals surface area contributed by atoms with Gasteiger partial charge in [-0.3, -0.25) is 4.79 Å². The number of rotatable bonds is 4. The molecule has 1 heterocycles. The van der Waals surface area contributed by atoms with Gasteiger partial charge in [0.05, 0.1) is 0 Å². The van der Waals surface area contributed by atoms with Crippen LogP contribution in [0.4, 0.5) is 0 Å². The molecule has 0 aliphatic rings. The van der Waals surface area contributed by atoms with Gasteiger partial charge in [0.1, 0.15) is 5.76 Å². The summed E-state index contributed by atoms with van der Waals surface area (Å²) < 4.78 is 5.20. The highest BCUT2D eigenvalue weighted by Gasteiger charge is 2.21. The van der Waals surface area contributed by atoms with Crippen LogP contribution >= 0.6 is 0 Å². The van der Waals surface area contributed by atoms with E-state index in [2.05, 4.69) is 10.5 Å². The molecule has 20 heavy (non-hydrogen) atoms. The SMILES string of the molecule is CC(C)(C)c1cc(C(=O)NCCc2ccccc2)no1. The van der Waals surface area contributed by atoms with Crippen LogP contribution in [-0.4, -0.2) is 17.6 Å². The first-order chi connectivity index (χ1) is 9.47. The molecule has 4 heteroatoms. The summed E-state index contributed by atoms with van der Waals surface area (Å²) in [6.07, 6.45) is 0.802. The maximum absolute atomic E-state index is 11.9. The lowest BCUT2D eigenvalue weighted by Crippen LogP contribution is -2.26. The van der Waals surface area contributed by atoms with Crippen molar-refractivity contribution in [3.05, 3.63) is 53.4 Å². The van der Waals surface area contributed by atoms with Gasteiger partial charge in [-0.1, -0.05) is 56.3 Å². The topological polar surface area (TPSA) is 55.1 Å². The van der Waals surface area contributed by atoms with Crippen molar-refractivity contribution in [1.29, 1.82) is 0 Å². The molecule has 0 aliphatic carbocycles. The average Bonchev–Trinajstić information content (AvgIpc) is 2.89. The molecule has 0 unspecified atom stereocenters. The quantitative estimate of drug-likeness (QED) is 0.931. The number of nitrogens with zero attached hydrogens (tertiary/aromatic N) is 1. The molecule has 0 bridgehead atoms. The van der Waals surface area contributed by atoms with Crippen molar-refractivity contribution in [1.82, 2.24) is 10.5 Å². The van der Waals surface area contributed by atoms with Gasteiger partial charge in [0.2, 0.25) is 0 Å². The van der Waals surface area contributed by atoms with Crippen molar-refractivity contribution < 1.29 is 9.32 Å². The van der Waals surface area contributed by atoms with Gasteiger partial charge in [-0.15, -0.1) is 0 Å². The first-order valence-corrected chi connectivity index (χ1v) is 6.76. The van der Waals surface area contributed by atoms with E-state index in [4.69, 9.17) is 4.52 Å². The Morgan fingerprint density at radius 3 is 2.55 bits per heavy atom. The molecular weight excluding hydrogens is 252 g/mol. The van der Waals surface area contributed by atoms with Gasteiger partial charge in [0.25, 0.3) is 5.91 Å². The van der Waals surface area contributed by atoms with Crippen molar-refractivity contribution in [3.63, 3.8) is 0 Å². The van der Waals surface area contributed by atoms with Crippen LogP contribution in [-0.2, 0) is 11.8 Å². The minimum absolute atomic E-state index is 0.143. The van der Waals surface area contributed by atoms with E-state index < -0.39 is 0 Å². The highest BCUT2D eigenvalue weighted by Crippen LogP contribution is 2.22. The van der Waals surface area contributed by atoms with Crippen LogP contribution in [0, 0.1) is 0 Å². The fourth-order valence-electron chi connectivity index (χ4n) is 1.79. The van der Waals surface area contributed by atoms with Crippen LogP contribution < -0.4 is 5.32 Å². The van der Waals surface area contributed by atoms with Gasteiger partial charge in [0.15, 0.2) is 5.69 Å². The van der Waals surface area contributed by atoms with E-state index in [1.165, 1.54) is 5.56 Å². The Morgan fingerprint density at radius 1 is 1.25 bits per heavy atom. The molecule has 0 fully saturated rings. The second kappa shape index (κ2) is 5.90. The zero-order valence-electron chi connectivity index (χ0n) is 12.1. The van der Waals surface area contributed by atoms with Gasteiger partial charge in [-0.2, -0.15) is 0 Å². The molecule has 0 spiro atoms. The number of hydrogen-bond donors (Lipinski definition) is 1. The molecule has 0 atom stereocenters. The average molecular weight is 272 g/mol. The fourth-order valence-corrected chi connectivity index (χ4v) is 1.79. The molecule has 1 N–H and O–H groups in total. The molecule has 1 amide bonds. The van der Waals surface area contributed by atoms with Crippen LogP contribution in [0.3, 0.4) is 0 Å². The van der Waals surface area contributed by atoms with Crippen molar-refractivity contribution in [3.8, 4) is 0 Å². The summed E-state index contributed by atoms with van der Waals surface area (Å²) in [5.74, 6) is 0.519. The third-order valence-corrected chi connectivity index (χ3v) is 3.02. The predicted molar refractivity (Wildman–Crippen MR) is 77.7 cm³/mol. The van der Waals surface area contributed by atoms with E-state index in [-0.39, 0.29) is 11.3 Å². The van der Waals surface area contributed by atoms with Crippen LogP contribution in [0.25, 0.3) is 0 Å². The van der Waals surface area contributed by atoms with Gasteiger partial charge >= 0.3 is 0 Å². The molecule has 0 radical (unpaired) electrons. The minimum atomic E-state index is -0.194. The monoisotopic (exact) mass is 272 g/mol. The lowest BCUT2D eigenvalue weighted by Gasteiger charge is -2.12. The number of benzene rings is 1. The van der Waals surface area contributed by atoms with Crippen LogP contribution in [0.2, 0.25) is 0 Å². The maximum atomic E-state index is 11.9. The number of aromatic nitrogens is 1. The van der Waals surface area contributed by atoms with Crippen LogP contribution in [0.5, 0.6) is 0 Å². The van der Waals surface area contributed by atoms with E-state index >= 15 is 0 Å². The fraction of sp³-hybridized carbons (Fsp3) is 0.375. The van der Waals surface area contributed by atoms with Crippen molar-refractivity contribution in [2.24, 2.45) is 0 Å². The van der Waals surface area contributed by atoms with Gasteiger partial charge in [-0.05, 0) is 12.0 Å². The Kier molecular flexibility index (Phi) is 4.23. The molecule has 1 aromatic heterocycles. The van der Waals surface area contributed by atoms with Crippen LogP contribution in [0.15, 0.2) is 40.9 Å². The number of hydrogen-bond acceptors (Lipinski definition) is 3. The van der Waals surface area contributed by atoms with Crippen molar-refractivity contribution in [2.75, 3.05) is 6.54 Å². The highest BCUT2D eigenvalue weighted by molar-refractivity contribution is 5.92. The maximum Gasteiger partial charge on any atom is 0.273 e. The van der Waals surface area contributed by atoms with Crippen molar-refractivity contribution >= 4 is 5.91 Å². The lowest BCUT2D eigenvalue weighted by atomic mass is 9.93. The molecule has 0 aliphatic heterocycles. The van der Waals surface area contributed by atoms with Crippen LogP contribution in [0.1, 0.15) is 42.6 Å². The Morgan fingerprint density at radius 2 is 1.95 bits per heavy atom. The number of nitrogens with one attached hydrogen (secondary N) is 1. The summed E-state index contributed by atoms with van der Waals surface area (Å²) in [7, 11) is 0. The third kappa shape index (κ3) is 3.70.